The lowest BCUT2D eigenvalue weighted by atomic mass is 10.1. The molecule has 88 valence electrons. The lowest BCUT2D eigenvalue weighted by Crippen LogP contribution is -1.98. The van der Waals surface area contributed by atoms with Crippen LogP contribution in [-0.2, 0) is 0 Å². The van der Waals surface area contributed by atoms with Crippen LogP contribution < -0.4 is 0 Å². The zero-order valence-electron chi connectivity index (χ0n) is 10.2. The molecule has 0 saturated carbocycles. The molecule has 0 saturated heterocycles. The first-order chi connectivity index (χ1) is 8.86. The molecule has 0 fully saturated rings. The summed E-state index contributed by atoms with van der Waals surface area (Å²) in [5.41, 5.74) is 4.64. The monoisotopic (exact) mass is 234 g/mol. The second-order valence-electron chi connectivity index (χ2n) is 4.26. The average Bonchev–Trinajstić information content (AvgIpc) is 2.83. The first-order valence-electron chi connectivity index (χ1n) is 6.02. The van der Waals surface area contributed by atoms with E-state index in [0.29, 0.717) is 0 Å². The van der Waals surface area contributed by atoms with E-state index in [4.69, 9.17) is 0 Å². The van der Waals surface area contributed by atoms with E-state index in [-0.39, 0.29) is 0 Å². The van der Waals surface area contributed by atoms with E-state index in [0.717, 1.165) is 11.4 Å². The summed E-state index contributed by atoms with van der Waals surface area (Å²) in [6.07, 6.45) is 1.93. The van der Waals surface area contributed by atoms with Crippen LogP contribution in [0.1, 0.15) is 5.69 Å². The van der Waals surface area contributed by atoms with Crippen molar-refractivity contribution < 1.29 is 0 Å². The maximum atomic E-state index is 4.48. The zero-order valence-corrected chi connectivity index (χ0v) is 10.2. The number of para-hydroxylation sites is 1. The number of aromatic nitrogens is 2. The van der Waals surface area contributed by atoms with E-state index < -0.39 is 0 Å². The summed E-state index contributed by atoms with van der Waals surface area (Å²) in [5.74, 6) is 0. The molecule has 0 bridgehead atoms. The standard InChI is InChI=1S/C16H14N2/c1-13-16(14-8-4-2-5-9-14)12-17-18(13)15-10-6-3-7-11-15/h2-12H,1H3. The van der Waals surface area contributed by atoms with E-state index in [1.165, 1.54) is 11.1 Å². The molecule has 2 aromatic carbocycles. The summed E-state index contributed by atoms with van der Waals surface area (Å²) in [6, 6.07) is 20.5. The third kappa shape index (κ3) is 1.82. The van der Waals surface area contributed by atoms with Crippen LogP contribution in [0.2, 0.25) is 0 Å². The third-order valence-corrected chi connectivity index (χ3v) is 3.10. The van der Waals surface area contributed by atoms with Gasteiger partial charge >= 0.3 is 0 Å². The van der Waals surface area contributed by atoms with Gasteiger partial charge in [-0.05, 0) is 24.6 Å². The fraction of sp³-hybridized carbons (Fsp3) is 0.0625. The number of benzene rings is 2. The molecule has 0 aliphatic heterocycles. The Morgan fingerprint density at radius 2 is 1.44 bits per heavy atom. The second kappa shape index (κ2) is 4.49. The van der Waals surface area contributed by atoms with Gasteiger partial charge in [0, 0.05) is 11.3 Å². The topological polar surface area (TPSA) is 17.8 Å². The predicted octanol–water partition coefficient (Wildman–Crippen LogP) is 3.85. The number of hydrogen-bond donors (Lipinski definition) is 0. The third-order valence-electron chi connectivity index (χ3n) is 3.10. The molecule has 18 heavy (non-hydrogen) atoms. The van der Waals surface area contributed by atoms with Crippen LogP contribution in [-0.4, -0.2) is 9.78 Å². The van der Waals surface area contributed by atoms with E-state index >= 15 is 0 Å². The molecule has 2 nitrogen and oxygen atoms in total. The van der Waals surface area contributed by atoms with Gasteiger partial charge in [-0.2, -0.15) is 5.10 Å². The van der Waals surface area contributed by atoms with Gasteiger partial charge in [0.1, 0.15) is 0 Å². The molecule has 0 unspecified atom stereocenters. The van der Waals surface area contributed by atoms with Gasteiger partial charge in [0.2, 0.25) is 0 Å². The fourth-order valence-corrected chi connectivity index (χ4v) is 2.14. The van der Waals surface area contributed by atoms with Crippen LogP contribution in [0.25, 0.3) is 16.8 Å². The van der Waals surface area contributed by atoms with Crippen molar-refractivity contribution in [2.75, 3.05) is 0 Å². The molecule has 3 rings (SSSR count). The first kappa shape index (κ1) is 10.8. The summed E-state index contributed by atoms with van der Waals surface area (Å²) < 4.78 is 1.97. The van der Waals surface area contributed by atoms with Crippen molar-refractivity contribution >= 4 is 0 Å². The quantitative estimate of drug-likeness (QED) is 0.658. The lowest BCUT2D eigenvalue weighted by molar-refractivity contribution is 0.847. The van der Waals surface area contributed by atoms with Gasteiger partial charge in [-0.15, -0.1) is 0 Å². The smallest absolute Gasteiger partial charge is 0.0648 e. The van der Waals surface area contributed by atoms with Crippen molar-refractivity contribution in [3.8, 4) is 16.8 Å². The van der Waals surface area contributed by atoms with Crippen LogP contribution in [0.5, 0.6) is 0 Å². The maximum absolute atomic E-state index is 4.48. The van der Waals surface area contributed by atoms with Gasteiger partial charge < -0.3 is 0 Å². The molecule has 1 heterocycles. The van der Waals surface area contributed by atoms with E-state index in [2.05, 4.69) is 48.4 Å². The average molecular weight is 234 g/mol. The first-order valence-corrected chi connectivity index (χ1v) is 6.02. The lowest BCUT2D eigenvalue weighted by Gasteiger charge is -2.05. The van der Waals surface area contributed by atoms with E-state index in [1.807, 2.05) is 35.1 Å². The van der Waals surface area contributed by atoms with Crippen molar-refractivity contribution in [2.45, 2.75) is 6.92 Å². The van der Waals surface area contributed by atoms with Crippen molar-refractivity contribution in [1.82, 2.24) is 9.78 Å². The van der Waals surface area contributed by atoms with E-state index in [9.17, 15) is 0 Å². The molecule has 0 atom stereocenters. The van der Waals surface area contributed by atoms with Crippen LogP contribution in [0.15, 0.2) is 66.9 Å². The van der Waals surface area contributed by atoms with Crippen LogP contribution in [0, 0.1) is 6.92 Å². The molecule has 0 aliphatic rings. The SMILES string of the molecule is Cc1c(-c2ccccc2)cnn1-c1ccccc1. The fourth-order valence-electron chi connectivity index (χ4n) is 2.14. The number of hydrogen-bond acceptors (Lipinski definition) is 1. The Kier molecular flexibility index (Phi) is 2.69. The largest absolute Gasteiger partial charge is 0.237 e. The molecule has 3 aromatic rings. The van der Waals surface area contributed by atoms with Gasteiger partial charge in [-0.1, -0.05) is 48.5 Å². The zero-order chi connectivity index (χ0) is 12.4. The molecule has 0 N–H and O–H groups in total. The number of nitrogens with zero attached hydrogens (tertiary/aromatic N) is 2. The predicted molar refractivity (Wildman–Crippen MR) is 73.7 cm³/mol. The Labute approximate surface area is 107 Å². The minimum atomic E-state index is 1.09. The summed E-state index contributed by atoms with van der Waals surface area (Å²) in [6.45, 7) is 2.10. The van der Waals surface area contributed by atoms with Crippen LogP contribution in [0.3, 0.4) is 0 Å². The molecule has 0 spiro atoms. The van der Waals surface area contributed by atoms with Crippen molar-refractivity contribution in [3.63, 3.8) is 0 Å². The van der Waals surface area contributed by atoms with Crippen molar-refractivity contribution in [1.29, 1.82) is 0 Å². The molecular formula is C16H14N2. The number of rotatable bonds is 2. The van der Waals surface area contributed by atoms with Crippen LogP contribution >= 0.6 is 0 Å². The van der Waals surface area contributed by atoms with Crippen LogP contribution in [0.4, 0.5) is 0 Å². The van der Waals surface area contributed by atoms with Crippen molar-refractivity contribution in [2.24, 2.45) is 0 Å². The Balaban J connectivity index is 2.09. The highest BCUT2D eigenvalue weighted by atomic mass is 15.3. The molecule has 0 amide bonds. The summed E-state index contributed by atoms with van der Waals surface area (Å²) in [7, 11) is 0. The van der Waals surface area contributed by atoms with Gasteiger partial charge in [0.05, 0.1) is 11.9 Å². The highest BCUT2D eigenvalue weighted by molar-refractivity contribution is 5.65. The molecule has 2 heteroatoms. The molecular weight excluding hydrogens is 220 g/mol. The second-order valence-corrected chi connectivity index (χ2v) is 4.26. The molecule has 1 aromatic heterocycles. The summed E-state index contributed by atoms with van der Waals surface area (Å²) in [5, 5.41) is 4.48. The minimum Gasteiger partial charge on any atom is -0.237 e. The Hall–Kier alpha value is -2.35. The Bertz CT molecular complexity index is 582. The highest BCUT2D eigenvalue weighted by Gasteiger charge is 2.08. The minimum absolute atomic E-state index is 1.09. The van der Waals surface area contributed by atoms with Gasteiger partial charge in [0.15, 0.2) is 0 Å². The van der Waals surface area contributed by atoms with Gasteiger partial charge in [-0.3, -0.25) is 0 Å². The summed E-state index contributed by atoms with van der Waals surface area (Å²) in [4.78, 5) is 0. The molecule has 0 radical (unpaired) electrons. The molecule has 0 aliphatic carbocycles. The highest BCUT2D eigenvalue weighted by Crippen LogP contribution is 2.24. The van der Waals surface area contributed by atoms with Gasteiger partial charge in [0.25, 0.3) is 0 Å². The van der Waals surface area contributed by atoms with E-state index in [1.54, 1.807) is 0 Å². The summed E-state index contributed by atoms with van der Waals surface area (Å²) >= 11 is 0. The van der Waals surface area contributed by atoms with Crippen molar-refractivity contribution in [3.05, 3.63) is 72.6 Å². The Morgan fingerprint density at radius 3 is 2.11 bits per heavy atom. The maximum Gasteiger partial charge on any atom is 0.0648 e. The normalized spacial score (nSPS) is 10.5. The Morgan fingerprint density at radius 1 is 0.833 bits per heavy atom. The van der Waals surface area contributed by atoms with Gasteiger partial charge in [-0.25, -0.2) is 4.68 Å².